The van der Waals surface area contributed by atoms with Crippen molar-refractivity contribution in [2.45, 2.75) is 45.4 Å². The standard InChI is InChI=1S/C19H23N3O3/c1-2-3-8-17-20-21-19(25-17)16-13-14-6-4-5-7-15(14)22(16)10-9-18-23-11-12-24-18/h4-7,13,18H,2-3,8-12H2,1H3. The third kappa shape index (κ3) is 3.45. The Kier molecular flexibility index (Phi) is 4.81. The van der Waals surface area contributed by atoms with Crippen LogP contribution in [0.3, 0.4) is 0 Å². The summed E-state index contributed by atoms with van der Waals surface area (Å²) in [7, 11) is 0. The molecule has 1 aromatic carbocycles. The van der Waals surface area contributed by atoms with E-state index < -0.39 is 0 Å². The molecule has 0 aliphatic carbocycles. The smallest absolute Gasteiger partial charge is 0.264 e. The summed E-state index contributed by atoms with van der Waals surface area (Å²) in [6.07, 6.45) is 3.66. The first-order chi connectivity index (χ1) is 12.3. The molecule has 0 bridgehead atoms. The molecular weight excluding hydrogens is 318 g/mol. The van der Waals surface area contributed by atoms with Crippen molar-refractivity contribution in [3.63, 3.8) is 0 Å². The van der Waals surface area contributed by atoms with Gasteiger partial charge < -0.3 is 18.5 Å². The van der Waals surface area contributed by atoms with Crippen molar-refractivity contribution in [3.05, 3.63) is 36.2 Å². The number of hydrogen-bond donors (Lipinski definition) is 0. The number of aryl methyl sites for hydroxylation is 2. The largest absolute Gasteiger partial charge is 0.419 e. The van der Waals surface area contributed by atoms with Crippen LogP contribution < -0.4 is 0 Å². The lowest BCUT2D eigenvalue weighted by Gasteiger charge is -2.12. The van der Waals surface area contributed by atoms with Crippen LogP contribution >= 0.6 is 0 Å². The summed E-state index contributed by atoms with van der Waals surface area (Å²) < 4.78 is 19.3. The number of nitrogens with zero attached hydrogens (tertiary/aromatic N) is 3. The van der Waals surface area contributed by atoms with Gasteiger partial charge in [0.15, 0.2) is 6.29 Å². The third-order valence-electron chi connectivity index (χ3n) is 4.52. The summed E-state index contributed by atoms with van der Waals surface area (Å²) in [6.45, 7) is 4.28. The summed E-state index contributed by atoms with van der Waals surface area (Å²) in [5.41, 5.74) is 2.11. The molecule has 0 radical (unpaired) electrons. The number of rotatable bonds is 7. The molecule has 132 valence electrons. The summed E-state index contributed by atoms with van der Waals surface area (Å²) >= 11 is 0. The number of benzene rings is 1. The number of aromatic nitrogens is 3. The molecule has 0 N–H and O–H groups in total. The van der Waals surface area contributed by atoms with Gasteiger partial charge >= 0.3 is 0 Å². The first-order valence-electron chi connectivity index (χ1n) is 8.99. The maximum Gasteiger partial charge on any atom is 0.264 e. The molecular formula is C19H23N3O3. The maximum atomic E-state index is 5.91. The van der Waals surface area contributed by atoms with Gasteiger partial charge in [-0.05, 0) is 18.6 Å². The summed E-state index contributed by atoms with van der Waals surface area (Å²) in [5, 5.41) is 9.64. The molecule has 3 heterocycles. The van der Waals surface area contributed by atoms with E-state index in [0.29, 0.717) is 25.0 Å². The van der Waals surface area contributed by atoms with Gasteiger partial charge in [-0.2, -0.15) is 0 Å². The average molecular weight is 341 g/mol. The van der Waals surface area contributed by atoms with Crippen molar-refractivity contribution in [3.8, 4) is 11.6 Å². The molecule has 0 saturated carbocycles. The molecule has 0 amide bonds. The Morgan fingerprint density at radius 3 is 2.84 bits per heavy atom. The maximum absolute atomic E-state index is 5.91. The van der Waals surface area contributed by atoms with Crippen molar-refractivity contribution in [1.29, 1.82) is 0 Å². The van der Waals surface area contributed by atoms with Crippen LogP contribution in [0.2, 0.25) is 0 Å². The molecule has 2 aromatic heterocycles. The van der Waals surface area contributed by atoms with E-state index in [9.17, 15) is 0 Å². The molecule has 6 nitrogen and oxygen atoms in total. The average Bonchev–Trinajstić information content (AvgIpc) is 3.37. The molecule has 3 aromatic rings. The van der Waals surface area contributed by atoms with Crippen molar-refractivity contribution >= 4 is 10.9 Å². The molecule has 6 heteroatoms. The van der Waals surface area contributed by atoms with E-state index in [4.69, 9.17) is 13.9 Å². The molecule has 4 rings (SSSR count). The van der Waals surface area contributed by atoms with Crippen molar-refractivity contribution in [2.24, 2.45) is 0 Å². The first-order valence-corrected chi connectivity index (χ1v) is 8.99. The van der Waals surface area contributed by atoms with Gasteiger partial charge in [0.25, 0.3) is 5.89 Å². The zero-order valence-corrected chi connectivity index (χ0v) is 14.5. The van der Waals surface area contributed by atoms with Gasteiger partial charge in [-0.1, -0.05) is 31.5 Å². The Hall–Kier alpha value is -2.18. The molecule has 25 heavy (non-hydrogen) atoms. The first kappa shape index (κ1) is 16.3. The van der Waals surface area contributed by atoms with E-state index in [1.165, 1.54) is 5.39 Å². The summed E-state index contributed by atoms with van der Waals surface area (Å²) in [6, 6.07) is 10.4. The van der Waals surface area contributed by atoms with Crippen LogP contribution in [0.5, 0.6) is 0 Å². The number of ether oxygens (including phenoxy) is 2. The predicted octanol–water partition coefficient (Wildman–Crippen LogP) is 3.80. The molecule has 1 saturated heterocycles. The lowest BCUT2D eigenvalue weighted by Crippen LogP contribution is -2.12. The molecule has 1 fully saturated rings. The van der Waals surface area contributed by atoms with Crippen LogP contribution in [-0.4, -0.2) is 34.3 Å². The van der Waals surface area contributed by atoms with Gasteiger partial charge in [-0.3, -0.25) is 0 Å². The lowest BCUT2D eigenvalue weighted by molar-refractivity contribution is -0.0488. The fourth-order valence-corrected chi connectivity index (χ4v) is 3.22. The number of hydrogen-bond acceptors (Lipinski definition) is 5. The SMILES string of the molecule is CCCCc1nnc(-c2cc3ccccc3n2CCC2OCCO2)o1. The van der Waals surface area contributed by atoms with Gasteiger partial charge in [-0.25, -0.2) is 0 Å². The van der Waals surface area contributed by atoms with Crippen LogP contribution in [0.25, 0.3) is 22.5 Å². The fourth-order valence-electron chi connectivity index (χ4n) is 3.22. The van der Waals surface area contributed by atoms with Gasteiger partial charge in [0.1, 0.15) is 5.69 Å². The summed E-state index contributed by atoms with van der Waals surface area (Å²) in [4.78, 5) is 0. The van der Waals surface area contributed by atoms with Crippen LogP contribution in [0, 0.1) is 0 Å². The summed E-state index contributed by atoms with van der Waals surface area (Å²) in [5.74, 6) is 1.28. The zero-order valence-electron chi connectivity index (χ0n) is 14.5. The Morgan fingerprint density at radius 2 is 2.00 bits per heavy atom. The second kappa shape index (κ2) is 7.37. The Bertz CT molecular complexity index is 833. The highest BCUT2D eigenvalue weighted by atomic mass is 16.7. The van der Waals surface area contributed by atoms with Crippen molar-refractivity contribution in [2.75, 3.05) is 13.2 Å². The predicted molar refractivity (Wildman–Crippen MR) is 94.2 cm³/mol. The van der Waals surface area contributed by atoms with Crippen LogP contribution in [0.1, 0.15) is 32.1 Å². The van der Waals surface area contributed by atoms with Crippen molar-refractivity contribution in [1.82, 2.24) is 14.8 Å². The fraction of sp³-hybridized carbons (Fsp3) is 0.474. The lowest BCUT2D eigenvalue weighted by atomic mass is 10.2. The second-order valence-electron chi connectivity index (χ2n) is 6.30. The highest BCUT2D eigenvalue weighted by molar-refractivity contribution is 5.85. The Labute approximate surface area is 146 Å². The quantitative estimate of drug-likeness (QED) is 0.654. The second-order valence-corrected chi connectivity index (χ2v) is 6.30. The number of para-hydroxylation sites is 1. The van der Waals surface area contributed by atoms with Gasteiger partial charge in [0.2, 0.25) is 5.89 Å². The molecule has 0 unspecified atom stereocenters. The molecule has 1 aliphatic rings. The van der Waals surface area contributed by atoms with Gasteiger partial charge in [-0.15, -0.1) is 10.2 Å². The van der Waals surface area contributed by atoms with E-state index in [1.807, 2.05) is 12.1 Å². The Morgan fingerprint density at radius 1 is 1.16 bits per heavy atom. The minimum absolute atomic E-state index is 0.128. The van der Waals surface area contributed by atoms with Crippen molar-refractivity contribution < 1.29 is 13.9 Å². The van der Waals surface area contributed by atoms with Crippen LogP contribution in [-0.2, 0) is 22.4 Å². The molecule has 0 atom stereocenters. The van der Waals surface area contributed by atoms with E-state index in [0.717, 1.165) is 43.4 Å². The molecule has 1 aliphatic heterocycles. The van der Waals surface area contributed by atoms with E-state index in [2.05, 4.69) is 39.9 Å². The van der Waals surface area contributed by atoms with Gasteiger partial charge in [0, 0.05) is 30.3 Å². The highest BCUT2D eigenvalue weighted by Crippen LogP contribution is 2.28. The van der Waals surface area contributed by atoms with Crippen LogP contribution in [0.15, 0.2) is 34.7 Å². The monoisotopic (exact) mass is 341 g/mol. The number of unbranched alkanes of at least 4 members (excludes halogenated alkanes) is 1. The van der Waals surface area contributed by atoms with Crippen LogP contribution in [0.4, 0.5) is 0 Å². The topological polar surface area (TPSA) is 62.3 Å². The highest BCUT2D eigenvalue weighted by Gasteiger charge is 2.20. The van der Waals surface area contributed by atoms with E-state index >= 15 is 0 Å². The van der Waals surface area contributed by atoms with Gasteiger partial charge in [0.05, 0.1) is 13.2 Å². The minimum atomic E-state index is -0.128. The third-order valence-corrected chi connectivity index (χ3v) is 4.52. The number of fused-ring (bicyclic) bond motifs is 1. The Balaban J connectivity index is 1.64. The zero-order chi connectivity index (χ0) is 17.1. The molecule has 0 spiro atoms. The van der Waals surface area contributed by atoms with E-state index in [1.54, 1.807) is 0 Å². The normalized spacial score (nSPS) is 15.4. The minimum Gasteiger partial charge on any atom is -0.419 e. The van der Waals surface area contributed by atoms with E-state index in [-0.39, 0.29) is 6.29 Å².